The topological polar surface area (TPSA) is 34.4 Å². The van der Waals surface area contributed by atoms with Crippen LogP contribution in [0.3, 0.4) is 0 Å². The summed E-state index contributed by atoms with van der Waals surface area (Å²) >= 11 is 1.61. The normalized spacial score (nSPS) is 11.4. The lowest BCUT2D eigenvalue weighted by Gasteiger charge is -1.99. The van der Waals surface area contributed by atoms with Gasteiger partial charge in [-0.1, -0.05) is 13.8 Å². The summed E-state index contributed by atoms with van der Waals surface area (Å²) in [5.41, 5.74) is 1.59. The van der Waals surface area contributed by atoms with E-state index >= 15 is 0 Å². The fourth-order valence-electron chi connectivity index (χ4n) is 1.53. The summed E-state index contributed by atoms with van der Waals surface area (Å²) in [6.07, 6.45) is 2.85. The lowest BCUT2D eigenvalue weighted by atomic mass is 10.1. The molecule has 0 saturated heterocycles. The van der Waals surface area contributed by atoms with Crippen LogP contribution in [0.25, 0.3) is 4.96 Å². The van der Waals surface area contributed by atoms with Crippen LogP contribution in [-0.4, -0.2) is 15.7 Å². The van der Waals surface area contributed by atoms with Crippen LogP contribution in [-0.2, 0) is 0 Å². The Morgan fingerprint density at radius 2 is 2.29 bits per heavy atom. The number of rotatable bonds is 2. The number of carbonyl (C=O) groups is 1. The maximum Gasteiger partial charge on any atom is 0.194 e. The molecule has 0 aliphatic carbocycles. The molecule has 0 aromatic carbocycles. The lowest BCUT2D eigenvalue weighted by molar-refractivity contribution is 0.111. The van der Waals surface area contributed by atoms with Crippen molar-refractivity contribution in [2.75, 3.05) is 0 Å². The Bertz CT molecular complexity index is 481. The molecule has 0 amide bonds. The summed E-state index contributed by atoms with van der Waals surface area (Å²) in [6.45, 7) is 6.11. The van der Waals surface area contributed by atoms with Gasteiger partial charge in [0.2, 0.25) is 0 Å². The molecule has 14 heavy (non-hydrogen) atoms. The Balaban J connectivity index is 2.74. The van der Waals surface area contributed by atoms with Crippen molar-refractivity contribution in [1.82, 2.24) is 9.38 Å². The third-order valence-electron chi connectivity index (χ3n) is 2.17. The second kappa shape index (κ2) is 3.20. The molecule has 2 aromatic rings. The van der Waals surface area contributed by atoms with Crippen molar-refractivity contribution in [1.29, 1.82) is 0 Å². The Kier molecular flexibility index (Phi) is 2.15. The Hall–Kier alpha value is -1.16. The molecule has 0 saturated carbocycles. The Morgan fingerprint density at radius 1 is 1.57 bits per heavy atom. The molecule has 0 aliphatic heterocycles. The van der Waals surface area contributed by atoms with Gasteiger partial charge in [0.1, 0.15) is 5.69 Å². The number of aldehydes is 1. The van der Waals surface area contributed by atoms with E-state index in [9.17, 15) is 4.79 Å². The fraction of sp³-hybridized carbons (Fsp3) is 0.400. The van der Waals surface area contributed by atoms with Crippen molar-refractivity contribution in [3.8, 4) is 0 Å². The number of imidazole rings is 1. The third-order valence-corrected chi connectivity index (χ3v) is 3.06. The first-order chi connectivity index (χ1) is 6.63. The number of nitrogens with zero attached hydrogens (tertiary/aromatic N) is 2. The lowest BCUT2D eigenvalue weighted by Crippen LogP contribution is -1.95. The standard InChI is InChI=1S/C10H12N2OS/c1-6(2)9-8(5-13)12-4-7(3)14-10(12)11-9/h4-6H,1-3H3. The van der Waals surface area contributed by atoms with E-state index in [4.69, 9.17) is 0 Å². The van der Waals surface area contributed by atoms with Crippen LogP contribution in [0.4, 0.5) is 0 Å². The summed E-state index contributed by atoms with van der Waals surface area (Å²) < 4.78 is 1.88. The first-order valence-corrected chi connectivity index (χ1v) is 5.38. The molecule has 4 heteroatoms. The minimum absolute atomic E-state index is 0.294. The number of aromatic nitrogens is 2. The number of carbonyl (C=O) groups excluding carboxylic acids is 1. The van der Waals surface area contributed by atoms with Gasteiger partial charge in [0, 0.05) is 11.1 Å². The summed E-state index contributed by atoms with van der Waals surface area (Å²) in [5, 5.41) is 0. The number of aryl methyl sites for hydroxylation is 1. The number of hydrogen-bond donors (Lipinski definition) is 0. The molecule has 0 aliphatic rings. The van der Waals surface area contributed by atoms with Crippen LogP contribution in [0.1, 0.15) is 40.8 Å². The SMILES string of the molecule is Cc1cn2c(C=O)c(C(C)C)nc2s1. The molecule has 3 nitrogen and oxygen atoms in total. The van der Waals surface area contributed by atoms with Gasteiger partial charge in [-0.2, -0.15) is 0 Å². The zero-order valence-corrected chi connectivity index (χ0v) is 9.26. The van der Waals surface area contributed by atoms with Crippen molar-refractivity contribution in [2.45, 2.75) is 26.7 Å². The molecular formula is C10H12N2OS. The smallest absolute Gasteiger partial charge is 0.194 e. The first kappa shape index (κ1) is 9.40. The summed E-state index contributed by atoms with van der Waals surface area (Å²) in [5.74, 6) is 0.294. The fourth-order valence-corrected chi connectivity index (χ4v) is 2.37. The second-order valence-electron chi connectivity index (χ2n) is 3.65. The van der Waals surface area contributed by atoms with Gasteiger partial charge in [-0.05, 0) is 12.8 Å². The van der Waals surface area contributed by atoms with Crippen LogP contribution < -0.4 is 0 Å². The van der Waals surface area contributed by atoms with Gasteiger partial charge < -0.3 is 0 Å². The van der Waals surface area contributed by atoms with Gasteiger partial charge in [-0.3, -0.25) is 9.20 Å². The van der Waals surface area contributed by atoms with E-state index in [0.717, 1.165) is 16.9 Å². The van der Waals surface area contributed by atoms with E-state index in [1.807, 2.05) is 31.4 Å². The van der Waals surface area contributed by atoms with Crippen molar-refractivity contribution in [2.24, 2.45) is 0 Å². The largest absolute Gasteiger partial charge is 0.296 e. The molecule has 74 valence electrons. The van der Waals surface area contributed by atoms with Gasteiger partial charge in [0.25, 0.3) is 0 Å². The van der Waals surface area contributed by atoms with Crippen molar-refractivity contribution < 1.29 is 4.79 Å². The number of hydrogen-bond acceptors (Lipinski definition) is 3. The maximum atomic E-state index is 11.0. The monoisotopic (exact) mass is 208 g/mol. The van der Waals surface area contributed by atoms with E-state index in [1.165, 1.54) is 4.88 Å². The van der Waals surface area contributed by atoms with E-state index < -0.39 is 0 Å². The second-order valence-corrected chi connectivity index (χ2v) is 4.86. The Morgan fingerprint density at radius 3 is 2.86 bits per heavy atom. The van der Waals surface area contributed by atoms with Crippen molar-refractivity contribution in [3.63, 3.8) is 0 Å². The molecule has 0 bridgehead atoms. The van der Waals surface area contributed by atoms with Crippen LogP contribution in [0.5, 0.6) is 0 Å². The van der Waals surface area contributed by atoms with Crippen molar-refractivity contribution >= 4 is 22.6 Å². The third kappa shape index (κ3) is 1.26. The quantitative estimate of drug-likeness (QED) is 0.711. The van der Waals surface area contributed by atoms with E-state index in [1.54, 1.807) is 11.3 Å². The molecule has 0 N–H and O–H groups in total. The van der Waals surface area contributed by atoms with E-state index in [2.05, 4.69) is 4.98 Å². The molecule has 0 atom stereocenters. The van der Waals surface area contributed by atoms with Gasteiger partial charge in [-0.25, -0.2) is 4.98 Å². The van der Waals surface area contributed by atoms with Gasteiger partial charge in [-0.15, -0.1) is 11.3 Å². The highest BCUT2D eigenvalue weighted by Gasteiger charge is 2.15. The van der Waals surface area contributed by atoms with Gasteiger partial charge >= 0.3 is 0 Å². The van der Waals surface area contributed by atoms with Crippen LogP contribution >= 0.6 is 11.3 Å². The molecular weight excluding hydrogens is 196 g/mol. The molecule has 0 radical (unpaired) electrons. The number of fused-ring (bicyclic) bond motifs is 1. The van der Waals surface area contributed by atoms with Crippen LogP contribution in [0, 0.1) is 6.92 Å². The molecule has 2 rings (SSSR count). The highest BCUT2D eigenvalue weighted by atomic mass is 32.1. The molecule has 0 unspecified atom stereocenters. The molecule has 0 spiro atoms. The van der Waals surface area contributed by atoms with E-state index in [0.29, 0.717) is 11.6 Å². The van der Waals surface area contributed by atoms with Crippen molar-refractivity contribution in [3.05, 3.63) is 22.5 Å². The predicted molar refractivity (Wildman–Crippen MR) is 57.3 cm³/mol. The minimum Gasteiger partial charge on any atom is -0.296 e. The van der Waals surface area contributed by atoms with Gasteiger partial charge in [0.05, 0.1) is 5.69 Å². The minimum atomic E-state index is 0.294. The first-order valence-electron chi connectivity index (χ1n) is 4.57. The van der Waals surface area contributed by atoms with Gasteiger partial charge in [0.15, 0.2) is 11.2 Å². The Labute approximate surface area is 86.4 Å². The molecule has 2 heterocycles. The van der Waals surface area contributed by atoms with Crippen LogP contribution in [0.2, 0.25) is 0 Å². The number of thiazole rings is 1. The van der Waals surface area contributed by atoms with Crippen LogP contribution in [0.15, 0.2) is 6.20 Å². The van der Waals surface area contributed by atoms with E-state index in [-0.39, 0.29) is 0 Å². The average molecular weight is 208 g/mol. The summed E-state index contributed by atoms with van der Waals surface area (Å²) in [4.78, 5) is 17.5. The molecule has 0 fully saturated rings. The predicted octanol–water partition coefficient (Wildman–Crippen LogP) is 2.64. The highest BCUT2D eigenvalue weighted by molar-refractivity contribution is 7.17. The zero-order chi connectivity index (χ0) is 10.3. The summed E-state index contributed by atoms with van der Waals surface area (Å²) in [6, 6.07) is 0. The molecule has 2 aromatic heterocycles. The maximum absolute atomic E-state index is 11.0. The highest BCUT2D eigenvalue weighted by Crippen LogP contribution is 2.24. The average Bonchev–Trinajstić information content (AvgIpc) is 2.59. The zero-order valence-electron chi connectivity index (χ0n) is 8.44. The summed E-state index contributed by atoms with van der Waals surface area (Å²) in [7, 11) is 0.